The topological polar surface area (TPSA) is 82.4 Å². The number of thiocarbonyl (C=S) groups is 1. The van der Waals surface area contributed by atoms with Crippen LogP contribution in [0.4, 0.5) is 5.82 Å². The van der Waals surface area contributed by atoms with Gasteiger partial charge in [-0.3, -0.25) is 4.79 Å². The minimum absolute atomic E-state index is 0.0483. The Morgan fingerprint density at radius 2 is 2.12 bits per heavy atom. The number of hydrogen-bond donors (Lipinski definition) is 0. The van der Waals surface area contributed by atoms with Gasteiger partial charge < -0.3 is 14.4 Å². The highest BCUT2D eigenvalue weighted by atomic mass is 32.1. The number of aromatic nitrogens is 4. The van der Waals surface area contributed by atoms with E-state index in [9.17, 15) is 4.79 Å². The maximum Gasteiger partial charge on any atom is 0.217 e. The second kappa shape index (κ2) is 10.5. The molecule has 2 aromatic heterocycles. The lowest BCUT2D eigenvalue weighted by Crippen LogP contribution is -2.32. The lowest BCUT2D eigenvalue weighted by Gasteiger charge is -2.21. The molecule has 0 aliphatic carbocycles. The first-order valence-electron chi connectivity index (χ1n) is 11.0. The van der Waals surface area contributed by atoms with E-state index in [1.165, 1.54) is 0 Å². The fourth-order valence-electron chi connectivity index (χ4n) is 3.84. The number of methoxy groups -OCH3 is 1. The van der Waals surface area contributed by atoms with Crippen LogP contribution in [0.15, 0.2) is 48.9 Å². The molecule has 0 fully saturated rings. The average Bonchev–Trinajstić information content (AvgIpc) is 3.27. The molecule has 1 aromatic carbocycles. The molecule has 0 radical (unpaired) electrons. The van der Waals surface area contributed by atoms with Gasteiger partial charge >= 0.3 is 0 Å². The highest BCUT2D eigenvalue weighted by Gasteiger charge is 2.26. The van der Waals surface area contributed by atoms with Gasteiger partial charge in [-0.2, -0.15) is 0 Å². The third-order valence-corrected chi connectivity index (χ3v) is 6.27. The molecule has 1 atom stereocenters. The highest BCUT2D eigenvalue weighted by Crippen LogP contribution is 2.31. The van der Waals surface area contributed by atoms with E-state index in [0.717, 1.165) is 47.1 Å². The zero-order valence-electron chi connectivity index (χ0n) is 18.8. The Hall–Kier alpha value is -3.33. The molecule has 0 saturated heterocycles. The largest absolute Gasteiger partial charge is 0.497 e. The van der Waals surface area contributed by atoms with Gasteiger partial charge in [0.1, 0.15) is 12.1 Å². The number of rotatable bonds is 9. The molecule has 3 heterocycles. The lowest BCUT2D eigenvalue weighted by atomic mass is 10.0. The number of carbonyl (C=O) groups excluding carboxylic acids is 1. The molecule has 172 valence electrons. The second-order valence-electron chi connectivity index (χ2n) is 8.02. The number of ether oxygens (including phenoxy) is 2. The van der Waals surface area contributed by atoms with Crippen molar-refractivity contribution in [3.8, 4) is 11.5 Å². The normalized spacial score (nSPS) is 15.5. The summed E-state index contributed by atoms with van der Waals surface area (Å²) in [5.74, 6) is 2.59. The SMILES string of the molecule is COc1cccc(Cn2cnc(C(=O)CCCC[C@H]3COc4cccnc4N(C)C3=S)n2)c1. The molecule has 8 nitrogen and oxygen atoms in total. The van der Waals surface area contributed by atoms with Crippen LogP contribution in [0.25, 0.3) is 0 Å². The van der Waals surface area contributed by atoms with E-state index < -0.39 is 0 Å². The van der Waals surface area contributed by atoms with Crippen LogP contribution < -0.4 is 14.4 Å². The quantitative estimate of drug-likeness (QED) is 0.267. The molecular formula is C24H27N5O3S. The molecule has 33 heavy (non-hydrogen) atoms. The highest BCUT2D eigenvalue weighted by molar-refractivity contribution is 7.80. The minimum atomic E-state index is -0.0483. The van der Waals surface area contributed by atoms with Gasteiger partial charge in [-0.1, -0.05) is 30.8 Å². The first-order chi connectivity index (χ1) is 16.0. The van der Waals surface area contributed by atoms with Crippen molar-refractivity contribution in [2.45, 2.75) is 32.2 Å². The van der Waals surface area contributed by atoms with Crippen molar-refractivity contribution in [2.75, 3.05) is 25.7 Å². The van der Waals surface area contributed by atoms with Gasteiger partial charge in [0, 0.05) is 25.6 Å². The van der Waals surface area contributed by atoms with E-state index >= 15 is 0 Å². The van der Waals surface area contributed by atoms with Crippen molar-refractivity contribution in [1.82, 2.24) is 19.7 Å². The number of anilines is 1. The maximum atomic E-state index is 12.6. The number of benzene rings is 1. The van der Waals surface area contributed by atoms with Crippen LogP contribution in [0.1, 0.15) is 41.9 Å². The van der Waals surface area contributed by atoms with Crippen LogP contribution in [0.2, 0.25) is 0 Å². The number of fused-ring (bicyclic) bond motifs is 1. The first kappa shape index (κ1) is 22.8. The van der Waals surface area contributed by atoms with Crippen molar-refractivity contribution in [1.29, 1.82) is 0 Å². The minimum Gasteiger partial charge on any atom is -0.497 e. The zero-order chi connectivity index (χ0) is 23.2. The number of nitrogens with zero attached hydrogens (tertiary/aromatic N) is 5. The maximum absolute atomic E-state index is 12.6. The summed E-state index contributed by atoms with van der Waals surface area (Å²) in [6, 6.07) is 11.5. The lowest BCUT2D eigenvalue weighted by molar-refractivity contribution is 0.0968. The molecular weight excluding hydrogens is 438 g/mol. The Balaban J connectivity index is 1.25. The summed E-state index contributed by atoms with van der Waals surface area (Å²) in [5, 5.41) is 4.35. The molecule has 4 rings (SSSR count). The van der Waals surface area contributed by atoms with Crippen molar-refractivity contribution in [3.05, 3.63) is 60.3 Å². The second-order valence-corrected chi connectivity index (χ2v) is 8.43. The molecule has 0 bridgehead atoms. The summed E-state index contributed by atoms with van der Waals surface area (Å²) in [7, 11) is 3.56. The monoisotopic (exact) mass is 465 g/mol. The van der Waals surface area contributed by atoms with E-state index in [4.69, 9.17) is 21.7 Å². The fraction of sp³-hybridized carbons (Fsp3) is 0.375. The van der Waals surface area contributed by atoms with E-state index in [1.54, 1.807) is 24.3 Å². The molecule has 0 saturated carbocycles. The molecule has 0 amide bonds. The summed E-state index contributed by atoms with van der Waals surface area (Å²) >= 11 is 5.67. The van der Waals surface area contributed by atoms with E-state index in [1.807, 2.05) is 48.3 Å². The van der Waals surface area contributed by atoms with Crippen LogP contribution in [-0.2, 0) is 6.54 Å². The molecule has 1 aliphatic rings. The number of unbranched alkanes of at least 4 members (excludes halogenated alkanes) is 1. The molecule has 9 heteroatoms. The summed E-state index contributed by atoms with van der Waals surface area (Å²) in [6.07, 6.45) is 6.19. The number of hydrogen-bond acceptors (Lipinski definition) is 7. The first-order valence-corrected chi connectivity index (χ1v) is 11.4. The van der Waals surface area contributed by atoms with Crippen LogP contribution >= 0.6 is 12.2 Å². The summed E-state index contributed by atoms with van der Waals surface area (Å²) in [5.41, 5.74) is 1.03. The molecule has 0 spiro atoms. The Morgan fingerprint density at radius 3 is 2.97 bits per heavy atom. The molecule has 3 aromatic rings. The molecule has 1 aliphatic heterocycles. The average molecular weight is 466 g/mol. The summed E-state index contributed by atoms with van der Waals surface area (Å²) in [6.45, 7) is 1.05. The molecule has 0 unspecified atom stereocenters. The van der Waals surface area contributed by atoms with E-state index in [0.29, 0.717) is 19.6 Å². The Kier molecular flexibility index (Phi) is 7.29. The number of carbonyl (C=O) groups is 1. The number of ketones is 1. The van der Waals surface area contributed by atoms with Gasteiger partial charge in [-0.15, -0.1) is 5.10 Å². The molecule has 0 N–H and O–H groups in total. The van der Waals surface area contributed by atoms with Crippen molar-refractivity contribution >= 4 is 28.8 Å². The standard InChI is InChI=1S/C24H27N5O3S/c1-28-23-21(11-6-12-25-23)32-15-18(24(28)33)8-3-4-10-20(30)22-26-16-29(27-22)14-17-7-5-9-19(13-17)31-2/h5-7,9,11-13,16,18H,3-4,8,10,14-15H2,1-2H3/t18-/m0/s1. The van der Waals surface area contributed by atoms with Crippen LogP contribution in [0.3, 0.4) is 0 Å². The third kappa shape index (κ3) is 5.54. The van der Waals surface area contributed by atoms with Crippen molar-refractivity contribution < 1.29 is 14.3 Å². The predicted octanol–water partition coefficient (Wildman–Crippen LogP) is 3.95. The van der Waals surface area contributed by atoms with Gasteiger partial charge in [-0.05, 0) is 42.7 Å². The fourth-order valence-corrected chi connectivity index (χ4v) is 4.11. The number of pyridine rings is 1. The summed E-state index contributed by atoms with van der Waals surface area (Å²) < 4.78 is 12.8. The third-order valence-electron chi connectivity index (χ3n) is 5.66. The summed E-state index contributed by atoms with van der Waals surface area (Å²) in [4.78, 5) is 23.9. The van der Waals surface area contributed by atoms with Crippen LogP contribution in [0.5, 0.6) is 11.5 Å². The van der Waals surface area contributed by atoms with Gasteiger partial charge in [0.15, 0.2) is 11.6 Å². The van der Waals surface area contributed by atoms with Crippen molar-refractivity contribution in [2.24, 2.45) is 5.92 Å². The Bertz CT molecular complexity index is 1130. The van der Waals surface area contributed by atoms with Gasteiger partial charge in [0.25, 0.3) is 0 Å². The van der Waals surface area contributed by atoms with Crippen LogP contribution in [-0.4, -0.2) is 51.3 Å². The van der Waals surface area contributed by atoms with Gasteiger partial charge in [0.2, 0.25) is 11.6 Å². The van der Waals surface area contributed by atoms with Gasteiger partial charge in [-0.25, -0.2) is 14.6 Å². The zero-order valence-corrected chi connectivity index (χ0v) is 19.6. The number of Topliss-reactive ketones (excluding diaryl/α,β-unsaturated/α-hetero) is 1. The Labute approximate surface area is 198 Å². The predicted molar refractivity (Wildman–Crippen MR) is 129 cm³/mol. The van der Waals surface area contributed by atoms with E-state index in [2.05, 4.69) is 15.1 Å². The van der Waals surface area contributed by atoms with Crippen molar-refractivity contribution in [3.63, 3.8) is 0 Å². The Morgan fingerprint density at radius 1 is 1.24 bits per heavy atom. The van der Waals surface area contributed by atoms with E-state index in [-0.39, 0.29) is 17.5 Å². The smallest absolute Gasteiger partial charge is 0.217 e. The van der Waals surface area contributed by atoms with Crippen LogP contribution in [0, 0.1) is 5.92 Å². The van der Waals surface area contributed by atoms with Gasteiger partial charge in [0.05, 0.1) is 25.2 Å².